The van der Waals surface area contributed by atoms with Crippen LogP contribution in [0.4, 0.5) is 5.69 Å². The summed E-state index contributed by atoms with van der Waals surface area (Å²) in [5.41, 5.74) is 0.868. The van der Waals surface area contributed by atoms with Gasteiger partial charge in [0.1, 0.15) is 6.04 Å². The highest BCUT2D eigenvalue weighted by atomic mass is 16.6. The third-order valence-corrected chi connectivity index (χ3v) is 4.56. The van der Waals surface area contributed by atoms with Crippen molar-refractivity contribution in [2.45, 2.75) is 26.3 Å². The fourth-order valence-electron chi connectivity index (χ4n) is 2.73. The van der Waals surface area contributed by atoms with Crippen LogP contribution in [0.2, 0.25) is 0 Å². The van der Waals surface area contributed by atoms with Gasteiger partial charge in [-0.1, -0.05) is 61.8 Å². The van der Waals surface area contributed by atoms with Crippen LogP contribution in [0.5, 0.6) is 0 Å². The molecule has 0 aliphatic rings. The van der Waals surface area contributed by atoms with E-state index >= 15 is 0 Å². The third-order valence-electron chi connectivity index (χ3n) is 4.56. The van der Waals surface area contributed by atoms with Gasteiger partial charge in [0.15, 0.2) is 0 Å². The Hall–Kier alpha value is -3.55. The monoisotopic (exact) mass is 380 g/mol. The summed E-state index contributed by atoms with van der Waals surface area (Å²) in [4.78, 5) is 27.5. The van der Waals surface area contributed by atoms with Crippen molar-refractivity contribution in [3.8, 4) is 11.4 Å². The third kappa shape index (κ3) is 4.22. The van der Waals surface area contributed by atoms with E-state index in [0.717, 1.165) is 12.0 Å². The number of non-ortho nitro benzene ring substituents is 1. The molecule has 1 heterocycles. The maximum absolute atomic E-state index is 12.7. The minimum absolute atomic E-state index is 0.0201. The molecule has 3 rings (SSSR count). The quantitative estimate of drug-likeness (QED) is 0.486. The van der Waals surface area contributed by atoms with Crippen LogP contribution in [0.3, 0.4) is 0 Å². The smallest absolute Gasteiger partial charge is 0.270 e. The highest BCUT2D eigenvalue weighted by Gasteiger charge is 2.27. The Balaban J connectivity index is 1.85. The first-order valence-corrected chi connectivity index (χ1v) is 8.94. The zero-order valence-corrected chi connectivity index (χ0v) is 15.5. The molecular formula is C20H20N4O4. The van der Waals surface area contributed by atoms with Crippen molar-refractivity contribution in [2.24, 2.45) is 5.92 Å². The molecule has 0 aliphatic carbocycles. The molecular weight excluding hydrogens is 360 g/mol. The maximum atomic E-state index is 12.7. The molecule has 28 heavy (non-hydrogen) atoms. The second-order valence-electron chi connectivity index (χ2n) is 6.47. The van der Waals surface area contributed by atoms with Gasteiger partial charge in [-0.25, -0.2) is 0 Å². The molecule has 3 aromatic rings. The van der Waals surface area contributed by atoms with E-state index in [1.807, 2.05) is 44.2 Å². The molecule has 1 amide bonds. The fourth-order valence-corrected chi connectivity index (χ4v) is 2.73. The lowest BCUT2D eigenvalue weighted by Crippen LogP contribution is -2.32. The van der Waals surface area contributed by atoms with E-state index in [9.17, 15) is 14.9 Å². The van der Waals surface area contributed by atoms with Gasteiger partial charge in [-0.2, -0.15) is 4.98 Å². The summed E-state index contributed by atoms with van der Waals surface area (Å²) >= 11 is 0. The number of aromatic nitrogens is 2. The topological polar surface area (TPSA) is 111 Å². The van der Waals surface area contributed by atoms with Gasteiger partial charge < -0.3 is 9.84 Å². The van der Waals surface area contributed by atoms with Gasteiger partial charge in [-0.05, 0) is 12.0 Å². The Kier molecular flexibility index (Phi) is 5.78. The van der Waals surface area contributed by atoms with Gasteiger partial charge in [0.2, 0.25) is 11.7 Å². The molecule has 2 aromatic carbocycles. The van der Waals surface area contributed by atoms with Crippen LogP contribution in [0, 0.1) is 16.0 Å². The fraction of sp³-hybridized carbons (Fsp3) is 0.250. The van der Waals surface area contributed by atoms with Crippen LogP contribution in [-0.4, -0.2) is 21.0 Å². The van der Waals surface area contributed by atoms with Crippen molar-refractivity contribution < 1.29 is 14.2 Å². The Bertz CT molecular complexity index is 971. The number of nitrogens with zero attached hydrogens (tertiary/aromatic N) is 3. The molecule has 8 nitrogen and oxygen atoms in total. The number of carbonyl (C=O) groups excluding carboxylic acids is 1. The lowest BCUT2D eigenvalue weighted by Gasteiger charge is -2.20. The molecule has 0 radical (unpaired) electrons. The van der Waals surface area contributed by atoms with E-state index in [0.29, 0.717) is 11.7 Å². The van der Waals surface area contributed by atoms with Crippen LogP contribution in [0.25, 0.3) is 11.4 Å². The molecule has 1 aromatic heterocycles. The van der Waals surface area contributed by atoms with Crippen LogP contribution < -0.4 is 5.32 Å². The van der Waals surface area contributed by atoms with Crippen molar-refractivity contribution >= 4 is 11.6 Å². The normalized spacial score (nSPS) is 12.9. The Labute approximate surface area is 161 Å². The van der Waals surface area contributed by atoms with Gasteiger partial charge in [0.05, 0.1) is 4.92 Å². The van der Waals surface area contributed by atoms with Gasteiger partial charge in [-0.15, -0.1) is 0 Å². The molecule has 0 saturated heterocycles. The Morgan fingerprint density at radius 3 is 2.64 bits per heavy atom. The predicted octanol–water partition coefficient (Wildman–Crippen LogP) is 4.16. The van der Waals surface area contributed by atoms with Crippen molar-refractivity contribution in [1.29, 1.82) is 0 Å². The summed E-state index contributed by atoms with van der Waals surface area (Å²) < 4.78 is 5.42. The minimum atomic E-state index is -0.535. The zero-order chi connectivity index (χ0) is 20.1. The average Bonchev–Trinajstić information content (AvgIpc) is 3.22. The van der Waals surface area contributed by atoms with Gasteiger partial charge in [0, 0.05) is 23.3 Å². The molecule has 0 bridgehead atoms. The molecule has 0 saturated carbocycles. The summed E-state index contributed by atoms with van der Waals surface area (Å²) in [7, 11) is 0. The summed E-state index contributed by atoms with van der Waals surface area (Å²) in [6, 6.07) is 14.5. The van der Waals surface area contributed by atoms with E-state index < -0.39 is 16.9 Å². The van der Waals surface area contributed by atoms with Crippen molar-refractivity contribution in [2.75, 3.05) is 0 Å². The second-order valence-corrected chi connectivity index (χ2v) is 6.47. The minimum Gasteiger partial charge on any atom is -0.340 e. The molecule has 0 unspecified atom stereocenters. The first kappa shape index (κ1) is 19.2. The number of nitro groups is 1. The van der Waals surface area contributed by atoms with Crippen LogP contribution in [-0.2, 0) is 0 Å². The Morgan fingerprint density at radius 2 is 1.96 bits per heavy atom. The maximum Gasteiger partial charge on any atom is 0.270 e. The number of hydrogen-bond donors (Lipinski definition) is 1. The van der Waals surface area contributed by atoms with Crippen molar-refractivity contribution in [3.63, 3.8) is 0 Å². The van der Waals surface area contributed by atoms with Crippen LogP contribution in [0.15, 0.2) is 59.1 Å². The van der Waals surface area contributed by atoms with E-state index in [4.69, 9.17) is 4.52 Å². The lowest BCUT2D eigenvalue weighted by atomic mass is 9.98. The summed E-state index contributed by atoms with van der Waals surface area (Å²) in [5.74, 6) is 0.320. The number of rotatable bonds is 7. The molecule has 1 N–H and O–H groups in total. The summed E-state index contributed by atoms with van der Waals surface area (Å²) in [6.45, 7) is 3.95. The second kappa shape index (κ2) is 8.43. The predicted molar refractivity (Wildman–Crippen MR) is 102 cm³/mol. The largest absolute Gasteiger partial charge is 0.340 e. The SMILES string of the molecule is CC[C@H](C)[C@H](NC(=O)c1cccc([N+](=O)[O-])c1)c1nc(-c2ccccc2)no1. The lowest BCUT2D eigenvalue weighted by molar-refractivity contribution is -0.384. The average molecular weight is 380 g/mol. The molecule has 0 spiro atoms. The van der Waals surface area contributed by atoms with Crippen molar-refractivity contribution in [1.82, 2.24) is 15.5 Å². The van der Waals surface area contributed by atoms with Gasteiger partial charge >= 0.3 is 0 Å². The number of hydrogen-bond acceptors (Lipinski definition) is 6. The van der Waals surface area contributed by atoms with E-state index in [1.54, 1.807) is 0 Å². The molecule has 0 aliphatic heterocycles. The first-order chi connectivity index (χ1) is 13.5. The van der Waals surface area contributed by atoms with Gasteiger partial charge in [0.25, 0.3) is 11.6 Å². The number of nitrogens with one attached hydrogen (secondary N) is 1. The van der Waals surface area contributed by atoms with Crippen LogP contribution in [0.1, 0.15) is 42.6 Å². The Morgan fingerprint density at radius 1 is 1.21 bits per heavy atom. The molecule has 0 fully saturated rings. The van der Waals surface area contributed by atoms with E-state index in [1.165, 1.54) is 24.3 Å². The number of amides is 1. The van der Waals surface area contributed by atoms with E-state index in [2.05, 4.69) is 15.5 Å². The number of nitro benzene ring substituents is 1. The molecule has 144 valence electrons. The summed E-state index contributed by atoms with van der Waals surface area (Å²) in [6.07, 6.45) is 0.767. The highest BCUT2D eigenvalue weighted by Crippen LogP contribution is 2.26. The number of carbonyl (C=O) groups is 1. The standard InChI is InChI=1S/C20H20N4O4/c1-3-13(2)17(20-22-18(23-28-20)14-8-5-4-6-9-14)21-19(25)15-10-7-11-16(12-15)24(26)27/h4-13,17H,3H2,1-2H3,(H,21,25)/t13-,17-/m0/s1. The molecule has 8 heteroatoms. The van der Waals surface area contributed by atoms with E-state index in [-0.39, 0.29) is 17.2 Å². The number of benzene rings is 2. The molecule has 2 atom stereocenters. The summed E-state index contributed by atoms with van der Waals surface area (Å²) in [5, 5.41) is 17.8. The van der Waals surface area contributed by atoms with Crippen molar-refractivity contribution in [3.05, 3.63) is 76.2 Å². The zero-order valence-electron chi connectivity index (χ0n) is 15.5. The van der Waals surface area contributed by atoms with Gasteiger partial charge in [-0.3, -0.25) is 14.9 Å². The first-order valence-electron chi connectivity index (χ1n) is 8.94. The highest BCUT2D eigenvalue weighted by molar-refractivity contribution is 5.95. The van der Waals surface area contributed by atoms with Crippen LogP contribution >= 0.6 is 0 Å².